The second-order valence-electron chi connectivity index (χ2n) is 10.3. The van der Waals surface area contributed by atoms with E-state index >= 15 is 4.39 Å². The molecule has 1 unspecified atom stereocenters. The molecule has 0 radical (unpaired) electrons. The minimum Gasteiger partial charge on any atom is -0.457 e. The molecule has 39 heavy (non-hydrogen) atoms. The van der Waals surface area contributed by atoms with Gasteiger partial charge in [0.2, 0.25) is 0 Å². The average molecular weight is 531 g/mol. The summed E-state index contributed by atoms with van der Waals surface area (Å²) in [6.45, 7) is 9.84. The van der Waals surface area contributed by atoms with Crippen molar-refractivity contribution in [2.45, 2.75) is 46.2 Å². The molecule has 0 aliphatic carbocycles. The molecule has 0 bridgehead atoms. The van der Waals surface area contributed by atoms with Crippen molar-refractivity contribution in [3.8, 4) is 11.8 Å². The van der Waals surface area contributed by atoms with Gasteiger partial charge in [-0.15, -0.1) is 0 Å². The van der Waals surface area contributed by atoms with Crippen LogP contribution in [-0.2, 0) is 0 Å². The minimum absolute atomic E-state index is 0.0810. The molecule has 1 fully saturated rings. The molecule has 2 aromatic carbocycles. The number of nitrogens with zero attached hydrogens (tertiary/aromatic N) is 3. The highest BCUT2D eigenvalue weighted by atomic mass is 19.1. The topological polar surface area (TPSA) is 88.5 Å². The van der Waals surface area contributed by atoms with Crippen LogP contribution < -0.4 is 20.3 Å². The monoisotopic (exact) mass is 530 g/mol. The first-order chi connectivity index (χ1) is 18.8. The lowest BCUT2D eigenvalue weighted by atomic mass is 9.99. The number of nitrogens with one attached hydrogen (secondary N) is 3. The zero-order valence-corrected chi connectivity index (χ0v) is 22.5. The van der Waals surface area contributed by atoms with Crippen molar-refractivity contribution in [3.05, 3.63) is 77.3 Å². The van der Waals surface area contributed by atoms with Gasteiger partial charge >= 0.3 is 0 Å². The van der Waals surface area contributed by atoms with Crippen LogP contribution in [-0.4, -0.2) is 36.0 Å². The van der Waals surface area contributed by atoms with Gasteiger partial charge in [0.05, 0.1) is 5.52 Å². The molecule has 0 spiro atoms. The molecule has 202 valence electrons. The van der Waals surface area contributed by atoms with Gasteiger partial charge in [-0.25, -0.2) is 13.8 Å². The van der Waals surface area contributed by atoms with E-state index in [2.05, 4.69) is 45.4 Å². The van der Waals surface area contributed by atoms with E-state index in [-0.39, 0.29) is 39.7 Å². The number of ether oxygens (including phenoxy) is 1. The van der Waals surface area contributed by atoms with Crippen LogP contribution in [0.15, 0.2) is 65.0 Å². The number of hydrogen-bond donors (Lipinski definition) is 3. The number of allylic oxidation sites excluding steroid dienone is 2. The minimum atomic E-state index is -0.691. The van der Waals surface area contributed by atoms with E-state index in [0.29, 0.717) is 24.2 Å². The number of anilines is 2. The summed E-state index contributed by atoms with van der Waals surface area (Å²) < 4.78 is 36.1. The van der Waals surface area contributed by atoms with Gasteiger partial charge in [-0.2, -0.15) is 5.26 Å². The first-order valence-electron chi connectivity index (χ1n) is 13.2. The second kappa shape index (κ2) is 10.9. The summed E-state index contributed by atoms with van der Waals surface area (Å²) in [4.78, 5) is 9.68. The van der Waals surface area contributed by atoms with Crippen molar-refractivity contribution in [2.24, 2.45) is 10.9 Å². The molecule has 9 heteroatoms. The third kappa shape index (κ3) is 5.25. The van der Waals surface area contributed by atoms with Gasteiger partial charge in [-0.1, -0.05) is 13.0 Å². The van der Waals surface area contributed by atoms with E-state index < -0.39 is 11.6 Å². The van der Waals surface area contributed by atoms with Crippen LogP contribution in [0.4, 0.5) is 20.2 Å². The number of amidine groups is 1. The summed E-state index contributed by atoms with van der Waals surface area (Å²) in [5, 5.41) is 16.9. The van der Waals surface area contributed by atoms with E-state index in [1.165, 1.54) is 6.07 Å². The van der Waals surface area contributed by atoms with E-state index in [9.17, 15) is 9.65 Å². The fourth-order valence-corrected chi connectivity index (χ4v) is 5.30. The fourth-order valence-electron chi connectivity index (χ4n) is 5.30. The highest BCUT2D eigenvalue weighted by Crippen LogP contribution is 2.34. The molecule has 0 amide bonds. The van der Waals surface area contributed by atoms with Gasteiger partial charge in [-0.05, 0) is 57.5 Å². The number of aromatic amines is 1. The van der Waals surface area contributed by atoms with E-state index in [1.54, 1.807) is 13.1 Å². The third-order valence-corrected chi connectivity index (χ3v) is 7.22. The maximum atomic E-state index is 15.4. The van der Waals surface area contributed by atoms with Gasteiger partial charge in [0.25, 0.3) is 0 Å². The SMILES string of the molecule is Cc1cc2c(F)c(O/C3=C(C#N)/C(Nc4ccc(N5[C@H](C)CNC[C@@H]5C)cc4)=N\C=C\CC3C)cc(F)c2[nH]1. The van der Waals surface area contributed by atoms with Crippen LogP contribution in [0, 0.1) is 35.8 Å². The van der Waals surface area contributed by atoms with E-state index in [4.69, 9.17) is 4.74 Å². The first-order valence-corrected chi connectivity index (χ1v) is 13.2. The summed E-state index contributed by atoms with van der Waals surface area (Å²) in [6, 6.07) is 13.4. The molecule has 2 aliphatic rings. The van der Waals surface area contributed by atoms with Crippen molar-refractivity contribution in [2.75, 3.05) is 23.3 Å². The second-order valence-corrected chi connectivity index (χ2v) is 10.3. The lowest BCUT2D eigenvalue weighted by Crippen LogP contribution is -2.55. The zero-order chi connectivity index (χ0) is 27.7. The predicted octanol–water partition coefficient (Wildman–Crippen LogP) is 6.16. The van der Waals surface area contributed by atoms with Crippen LogP contribution in [0.2, 0.25) is 0 Å². The first kappa shape index (κ1) is 26.4. The lowest BCUT2D eigenvalue weighted by Gasteiger charge is -2.41. The van der Waals surface area contributed by atoms with Crippen LogP contribution in [0.5, 0.6) is 5.75 Å². The summed E-state index contributed by atoms with van der Waals surface area (Å²) in [5.74, 6) is -1.39. The number of aromatic nitrogens is 1. The third-order valence-electron chi connectivity index (χ3n) is 7.22. The number of piperazine rings is 1. The Kier molecular flexibility index (Phi) is 7.40. The molecule has 1 aromatic heterocycles. The van der Waals surface area contributed by atoms with Gasteiger partial charge in [0.15, 0.2) is 23.2 Å². The van der Waals surface area contributed by atoms with Crippen molar-refractivity contribution in [1.29, 1.82) is 5.26 Å². The van der Waals surface area contributed by atoms with Crippen molar-refractivity contribution in [3.63, 3.8) is 0 Å². The molecular weight excluding hydrogens is 498 g/mol. The molecule has 3 aromatic rings. The van der Waals surface area contributed by atoms with Crippen LogP contribution in [0.1, 0.15) is 32.9 Å². The Labute approximate surface area is 226 Å². The molecule has 2 aliphatic heterocycles. The summed E-state index contributed by atoms with van der Waals surface area (Å²) in [5.41, 5.74) is 2.70. The largest absolute Gasteiger partial charge is 0.457 e. The number of halogens is 2. The summed E-state index contributed by atoms with van der Waals surface area (Å²) >= 11 is 0. The Hall–Kier alpha value is -4.16. The Morgan fingerprint density at radius 1 is 1.10 bits per heavy atom. The molecule has 1 saturated heterocycles. The van der Waals surface area contributed by atoms with Crippen LogP contribution in [0.3, 0.4) is 0 Å². The maximum Gasteiger partial charge on any atom is 0.175 e. The number of aliphatic imine (C=N–C) groups is 1. The van der Waals surface area contributed by atoms with Crippen molar-refractivity contribution < 1.29 is 13.5 Å². The maximum absolute atomic E-state index is 15.4. The van der Waals surface area contributed by atoms with E-state index in [1.807, 2.05) is 37.3 Å². The Bertz CT molecular complexity index is 1500. The number of rotatable bonds is 4. The Morgan fingerprint density at radius 3 is 2.51 bits per heavy atom. The molecule has 7 nitrogen and oxygen atoms in total. The molecular formula is C30H32F2N6O. The number of hydrogen-bond acceptors (Lipinski definition) is 6. The lowest BCUT2D eigenvalue weighted by molar-refractivity contribution is 0.338. The number of fused-ring (bicyclic) bond motifs is 1. The van der Waals surface area contributed by atoms with Gasteiger partial charge < -0.3 is 25.3 Å². The zero-order valence-electron chi connectivity index (χ0n) is 22.5. The summed E-state index contributed by atoms with van der Waals surface area (Å²) in [7, 11) is 0. The quantitative estimate of drug-likeness (QED) is 0.376. The molecule has 5 rings (SSSR count). The van der Waals surface area contributed by atoms with Crippen LogP contribution in [0.25, 0.3) is 10.9 Å². The van der Waals surface area contributed by atoms with Crippen molar-refractivity contribution in [1.82, 2.24) is 10.3 Å². The molecule has 0 saturated carbocycles. The summed E-state index contributed by atoms with van der Waals surface area (Å²) in [6.07, 6.45) is 4.01. The molecule has 3 N–H and O–H groups in total. The normalized spacial score (nSPS) is 25.8. The Morgan fingerprint density at radius 2 is 1.82 bits per heavy atom. The number of aryl methyl sites for hydroxylation is 1. The van der Waals surface area contributed by atoms with Gasteiger partial charge in [0, 0.05) is 65.8 Å². The Balaban J connectivity index is 1.47. The highest BCUT2D eigenvalue weighted by molar-refractivity contribution is 6.11. The number of nitriles is 1. The van der Waals surface area contributed by atoms with Gasteiger partial charge in [0.1, 0.15) is 17.4 Å². The molecule has 3 atom stereocenters. The smallest absolute Gasteiger partial charge is 0.175 e. The molecule has 3 heterocycles. The predicted molar refractivity (Wildman–Crippen MR) is 151 cm³/mol. The van der Waals surface area contributed by atoms with Gasteiger partial charge in [-0.3, -0.25) is 0 Å². The average Bonchev–Trinajstić information content (AvgIpc) is 3.31. The number of benzene rings is 2. The number of H-pyrrole nitrogens is 1. The van der Waals surface area contributed by atoms with E-state index in [0.717, 1.165) is 30.5 Å². The van der Waals surface area contributed by atoms with Crippen molar-refractivity contribution >= 4 is 28.1 Å². The highest BCUT2D eigenvalue weighted by Gasteiger charge is 2.26. The standard InChI is InChI=1S/C30H32F2N6O/c1-17-6-5-11-35-30(37-21-7-9-22(10-8-21)38-19(3)15-34-16-20(38)4)24(14-33)29(17)39-26-13-25(31)28-23(27(26)32)12-18(2)36-28/h5,7-13,17,19-20,34,36H,6,15-16H2,1-4H3,(H,35,37)/b11-5+,29-24+/t17?,19-,20+. The van der Waals surface area contributed by atoms with Crippen LogP contribution >= 0.6 is 0 Å². The fraction of sp³-hybridized carbons (Fsp3) is 0.333.